The van der Waals surface area contributed by atoms with E-state index in [1.807, 2.05) is 19.9 Å². The third-order valence-corrected chi connectivity index (χ3v) is 6.91. The van der Waals surface area contributed by atoms with Crippen molar-refractivity contribution in [3.8, 4) is 11.3 Å². The van der Waals surface area contributed by atoms with Crippen molar-refractivity contribution in [3.63, 3.8) is 0 Å². The number of anilines is 1. The van der Waals surface area contributed by atoms with E-state index in [0.29, 0.717) is 25.7 Å². The minimum Gasteiger partial charge on any atom is -0.302 e. The van der Waals surface area contributed by atoms with Gasteiger partial charge in [-0.3, -0.25) is 9.48 Å². The second kappa shape index (κ2) is 10.2. The second-order valence-corrected chi connectivity index (χ2v) is 10.1. The monoisotopic (exact) mass is 592 g/mol. The van der Waals surface area contributed by atoms with Crippen molar-refractivity contribution in [1.82, 2.24) is 24.4 Å². The van der Waals surface area contributed by atoms with Gasteiger partial charge in [0.1, 0.15) is 5.02 Å². The molecule has 2 aromatic carbocycles. The summed E-state index contributed by atoms with van der Waals surface area (Å²) in [5, 5.41) is 11.6. The van der Waals surface area contributed by atoms with Crippen LogP contribution in [0.4, 0.5) is 19.0 Å². The van der Waals surface area contributed by atoms with Gasteiger partial charge in [0.25, 0.3) is 5.91 Å². The maximum atomic E-state index is 14.0. The topological polar surface area (TPSA) is 77.1 Å². The minimum absolute atomic E-state index is 0.00336. The molecule has 0 aliphatic heterocycles. The van der Waals surface area contributed by atoms with E-state index in [1.54, 1.807) is 30.3 Å². The van der Waals surface area contributed by atoms with Crippen LogP contribution < -0.4 is 5.32 Å². The van der Waals surface area contributed by atoms with Gasteiger partial charge in [0.05, 0.1) is 12.2 Å². The maximum absolute atomic E-state index is 14.0. The number of fused-ring (bicyclic) bond motifs is 1. The number of aryl methyl sites for hydroxylation is 2. The number of alkyl halides is 3. The summed E-state index contributed by atoms with van der Waals surface area (Å²) in [6.45, 7) is 4.00. The molecule has 0 fully saturated rings. The quantitative estimate of drug-likeness (QED) is 0.229. The van der Waals surface area contributed by atoms with E-state index in [-0.39, 0.29) is 34.4 Å². The lowest BCUT2D eigenvalue weighted by Crippen LogP contribution is -2.16. The van der Waals surface area contributed by atoms with Crippen LogP contribution in [0.25, 0.3) is 16.9 Å². The average Bonchev–Trinajstić information content (AvgIpc) is 3.44. The van der Waals surface area contributed by atoms with Crippen molar-refractivity contribution < 1.29 is 18.0 Å². The highest BCUT2D eigenvalue weighted by molar-refractivity contribution is 6.35. The first-order valence-corrected chi connectivity index (χ1v) is 12.6. The number of rotatable bonds is 5. The summed E-state index contributed by atoms with van der Waals surface area (Å²) in [5.41, 5.74) is 1.73. The number of aromatic nitrogens is 5. The molecule has 0 radical (unpaired) electrons. The van der Waals surface area contributed by atoms with Gasteiger partial charge in [-0.15, -0.1) is 0 Å². The molecule has 0 aliphatic rings. The molecule has 3 aromatic heterocycles. The molecular formula is C26H18Cl3F3N6O. The molecule has 7 nitrogen and oxygen atoms in total. The number of hydrogen-bond acceptors (Lipinski definition) is 4. The summed E-state index contributed by atoms with van der Waals surface area (Å²) >= 11 is 18.4. The van der Waals surface area contributed by atoms with Gasteiger partial charge in [-0.2, -0.15) is 23.4 Å². The molecule has 13 heteroatoms. The van der Waals surface area contributed by atoms with E-state index in [1.165, 1.54) is 16.9 Å². The molecular weight excluding hydrogens is 576 g/mol. The van der Waals surface area contributed by atoms with Crippen LogP contribution in [0, 0.1) is 13.8 Å². The molecule has 1 amide bonds. The number of nitrogens with one attached hydrogen (secondary N) is 1. The third kappa shape index (κ3) is 5.59. The molecule has 0 aliphatic carbocycles. The van der Waals surface area contributed by atoms with Crippen molar-refractivity contribution in [2.75, 3.05) is 5.32 Å². The molecule has 1 N–H and O–H groups in total. The molecule has 5 aromatic rings. The van der Waals surface area contributed by atoms with Gasteiger partial charge in [0.2, 0.25) is 0 Å². The van der Waals surface area contributed by atoms with E-state index in [2.05, 4.69) is 20.5 Å². The van der Waals surface area contributed by atoms with Crippen LogP contribution in [0.5, 0.6) is 0 Å². The number of benzene rings is 2. The minimum atomic E-state index is -4.75. The Kier molecular flexibility index (Phi) is 7.04. The molecule has 0 saturated heterocycles. The van der Waals surface area contributed by atoms with Gasteiger partial charge in [-0.1, -0.05) is 53.0 Å². The van der Waals surface area contributed by atoms with Gasteiger partial charge in [0, 0.05) is 27.9 Å². The Balaban J connectivity index is 1.45. The number of carbonyl (C=O) groups excluding carboxylic acids is 1. The van der Waals surface area contributed by atoms with E-state index < -0.39 is 17.8 Å². The van der Waals surface area contributed by atoms with E-state index in [9.17, 15) is 18.0 Å². The first-order chi connectivity index (χ1) is 18.4. The molecule has 0 saturated carbocycles. The summed E-state index contributed by atoms with van der Waals surface area (Å²) in [5.74, 6) is -0.804. The van der Waals surface area contributed by atoms with Crippen molar-refractivity contribution in [2.24, 2.45) is 0 Å². The van der Waals surface area contributed by atoms with Gasteiger partial charge in [-0.25, -0.2) is 9.50 Å². The van der Waals surface area contributed by atoms with Crippen molar-refractivity contribution in [3.05, 3.63) is 97.9 Å². The Hall–Kier alpha value is -3.60. The zero-order valence-corrected chi connectivity index (χ0v) is 22.6. The number of amides is 1. The average molecular weight is 594 g/mol. The normalized spacial score (nSPS) is 11.8. The van der Waals surface area contributed by atoms with Crippen LogP contribution in [0.2, 0.25) is 15.1 Å². The van der Waals surface area contributed by atoms with Crippen LogP contribution in [0.3, 0.4) is 0 Å². The Morgan fingerprint density at radius 3 is 2.41 bits per heavy atom. The molecule has 39 heavy (non-hydrogen) atoms. The van der Waals surface area contributed by atoms with Crippen molar-refractivity contribution >= 4 is 52.2 Å². The lowest BCUT2D eigenvalue weighted by atomic mass is 10.0. The first kappa shape index (κ1) is 27.0. The number of nitrogens with zero attached hydrogens (tertiary/aromatic N) is 5. The van der Waals surface area contributed by atoms with E-state index >= 15 is 0 Å². The highest BCUT2D eigenvalue weighted by Gasteiger charge is 2.35. The maximum Gasteiger partial charge on any atom is 0.433 e. The summed E-state index contributed by atoms with van der Waals surface area (Å²) < 4.78 is 43.9. The highest BCUT2D eigenvalue weighted by atomic mass is 35.5. The van der Waals surface area contributed by atoms with Gasteiger partial charge in [-0.05, 0) is 54.8 Å². The van der Waals surface area contributed by atoms with Crippen LogP contribution in [-0.2, 0) is 12.7 Å². The number of hydrogen-bond donors (Lipinski definition) is 1. The summed E-state index contributed by atoms with van der Waals surface area (Å²) in [6, 6.07) is 12.3. The van der Waals surface area contributed by atoms with Gasteiger partial charge >= 0.3 is 6.18 Å². The fraction of sp³-hybridized carbons (Fsp3) is 0.154. The zero-order valence-electron chi connectivity index (χ0n) is 20.3. The predicted molar refractivity (Wildman–Crippen MR) is 144 cm³/mol. The molecule has 200 valence electrons. The standard InChI is InChI=1S/C26H18Cl3F3N6O/c1-13-3-4-15(7-14(13)2)20-9-22(26(30,31)32)38-23(33-20)10-21(35-38)25(39)34-24-19(29)12-37(36-24)11-16-5-6-17(27)8-18(16)28/h3-10,12H,11H2,1-2H3,(H,34,36,39). The van der Waals surface area contributed by atoms with Gasteiger partial charge in [0.15, 0.2) is 22.9 Å². The van der Waals surface area contributed by atoms with Crippen LogP contribution in [0.15, 0.2) is 54.7 Å². The molecule has 5 rings (SSSR count). The van der Waals surface area contributed by atoms with Crippen LogP contribution in [-0.4, -0.2) is 30.3 Å². The third-order valence-electron chi connectivity index (χ3n) is 6.05. The zero-order chi connectivity index (χ0) is 28.1. The molecule has 0 atom stereocenters. The van der Waals surface area contributed by atoms with E-state index in [0.717, 1.165) is 17.2 Å². The van der Waals surface area contributed by atoms with Gasteiger partial charge < -0.3 is 5.32 Å². The molecule has 3 heterocycles. The van der Waals surface area contributed by atoms with Crippen molar-refractivity contribution in [2.45, 2.75) is 26.6 Å². The Morgan fingerprint density at radius 2 is 1.72 bits per heavy atom. The molecule has 0 bridgehead atoms. The van der Waals surface area contributed by atoms with Crippen LogP contribution in [0.1, 0.15) is 32.9 Å². The lowest BCUT2D eigenvalue weighted by molar-refractivity contribution is -0.142. The lowest BCUT2D eigenvalue weighted by Gasteiger charge is -2.11. The first-order valence-electron chi connectivity index (χ1n) is 11.4. The SMILES string of the molecule is Cc1ccc(-c2cc(C(F)(F)F)n3nc(C(=O)Nc4nn(Cc5ccc(Cl)cc5Cl)cc4Cl)cc3n2)cc1C. The second-order valence-electron chi connectivity index (χ2n) is 8.84. The smallest absolute Gasteiger partial charge is 0.302 e. The summed E-state index contributed by atoms with van der Waals surface area (Å²) in [6.07, 6.45) is -3.27. The molecule has 0 spiro atoms. The highest BCUT2D eigenvalue weighted by Crippen LogP contribution is 2.33. The molecule has 0 unspecified atom stereocenters. The fourth-order valence-corrected chi connectivity index (χ4v) is 4.56. The van der Waals surface area contributed by atoms with Crippen LogP contribution >= 0.6 is 34.8 Å². The largest absolute Gasteiger partial charge is 0.433 e. The predicted octanol–water partition coefficient (Wildman–Crippen LogP) is 7.49. The van der Waals surface area contributed by atoms with E-state index in [4.69, 9.17) is 34.8 Å². The number of carbonyl (C=O) groups is 1. The Labute approximate surface area is 235 Å². The number of halogens is 6. The summed E-state index contributed by atoms with van der Waals surface area (Å²) in [4.78, 5) is 17.3. The van der Waals surface area contributed by atoms with Crippen molar-refractivity contribution in [1.29, 1.82) is 0 Å². The summed E-state index contributed by atoms with van der Waals surface area (Å²) in [7, 11) is 0. The Bertz CT molecular complexity index is 1750. The Morgan fingerprint density at radius 1 is 0.949 bits per heavy atom. The fourth-order valence-electron chi connectivity index (χ4n) is 3.89.